The fourth-order valence-electron chi connectivity index (χ4n) is 4.20. The summed E-state index contributed by atoms with van der Waals surface area (Å²) in [5.74, 6) is 0.144. The van der Waals surface area contributed by atoms with Gasteiger partial charge >= 0.3 is 0 Å². The molecule has 0 radical (unpaired) electrons. The Morgan fingerprint density at radius 1 is 1.26 bits per heavy atom. The number of amides is 2. The third-order valence-electron chi connectivity index (χ3n) is 5.61. The first-order valence-corrected chi connectivity index (χ1v) is 9.83. The van der Waals surface area contributed by atoms with Gasteiger partial charge in [-0.25, -0.2) is 0 Å². The van der Waals surface area contributed by atoms with Crippen LogP contribution in [0.3, 0.4) is 0 Å². The number of nitrogens with zero attached hydrogens (tertiary/aromatic N) is 2. The molecule has 1 saturated carbocycles. The maximum atomic E-state index is 13.2. The summed E-state index contributed by atoms with van der Waals surface area (Å²) in [5.41, 5.74) is -0.623. The van der Waals surface area contributed by atoms with Gasteiger partial charge in [-0.3, -0.25) is 14.3 Å². The first-order valence-electron chi connectivity index (χ1n) is 9.83. The molecule has 8 heteroatoms. The Balaban J connectivity index is 0.00000261. The summed E-state index contributed by atoms with van der Waals surface area (Å²) < 4.78 is 1.81. The molecule has 0 bridgehead atoms. The fraction of sp³-hybridized carbons (Fsp3) is 0.737. The van der Waals surface area contributed by atoms with E-state index in [4.69, 9.17) is 0 Å². The monoisotopic (exact) mass is 397 g/mol. The van der Waals surface area contributed by atoms with Crippen LogP contribution in [0.1, 0.15) is 52.4 Å². The molecule has 1 aliphatic carbocycles. The van der Waals surface area contributed by atoms with Crippen LogP contribution in [0.4, 0.5) is 0 Å². The maximum absolute atomic E-state index is 13.2. The number of hydrogen-bond donors (Lipinski definition) is 3. The highest BCUT2D eigenvalue weighted by Crippen LogP contribution is 2.30. The predicted octanol–water partition coefficient (Wildman–Crippen LogP) is 1.58. The van der Waals surface area contributed by atoms with E-state index in [0.29, 0.717) is 0 Å². The van der Waals surface area contributed by atoms with E-state index in [-0.39, 0.29) is 42.2 Å². The minimum atomic E-state index is -0.623. The summed E-state index contributed by atoms with van der Waals surface area (Å²) in [6, 6.07) is 2.07. The smallest absolute Gasteiger partial charge is 0.248 e. The van der Waals surface area contributed by atoms with Crippen LogP contribution in [-0.2, 0) is 15.1 Å². The van der Waals surface area contributed by atoms with Crippen molar-refractivity contribution < 1.29 is 9.59 Å². The number of aromatic nitrogens is 2. The SMILES string of the molecule is CC(C)NC(=O)C1CCCC(NC(=O)C2(n3cccn3)CCNCC2)C1.Cl. The molecule has 1 saturated heterocycles. The van der Waals surface area contributed by atoms with Crippen molar-refractivity contribution in [1.29, 1.82) is 0 Å². The molecule has 2 fully saturated rings. The number of hydrogen-bond acceptors (Lipinski definition) is 4. The van der Waals surface area contributed by atoms with Gasteiger partial charge in [-0.05, 0) is 65.1 Å². The van der Waals surface area contributed by atoms with Gasteiger partial charge in [0.15, 0.2) is 0 Å². The molecular weight excluding hydrogens is 366 g/mol. The van der Waals surface area contributed by atoms with E-state index in [9.17, 15) is 9.59 Å². The Hall–Kier alpha value is -1.60. The van der Waals surface area contributed by atoms with E-state index in [2.05, 4.69) is 21.0 Å². The van der Waals surface area contributed by atoms with Crippen LogP contribution in [0, 0.1) is 5.92 Å². The summed E-state index contributed by atoms with van der Waals surface area (Å²) in [6.45, 7) is 5.56. The lowest BCUT2D eigenvalue weighted by atomic mass is 9.83. The zero-order valence-corrected chi connectivity index (χ0v) is 17.1. The number of piperidine rings is 1. The first kappa shape index (κ1) is 21.7. The van der Waals surface area contributed by atoms with E-state index in [1.54, 1.807) is 6.20 Å². The second-order valence-corrected chi connectivity index (χ2v) is 7.93. The topological polar surface area (TPSA) is 88.1 Å². The quantitative estimate of drug-likeness (QED) is 0.703. The highest BCUT2D eigenvalue weighted by molar-refractivity contribution is 5.85. The minimum absolute atomic E-state index is 0. The van der Waals surface area contributed by atoms with Crippen molar-refractivity contribution in [3.8, 4) is 0 Å². The van der Waals surface area contributed by atoms with E-state index in [1.807, 2.05) is 30.8 Å². The average molecular weight is 398 g/mol. The van der Waals surface area contributed by atoms with Crippen LogP contribution < -0.4 is 16.0 Å². The van der Waals surface area contributed by atoms with Crippen LogP contribution in [0.25, 0.3) is 0 Å². The number of halogens is 1. The summed E-state index contributed by atoms with van der Waals surface area (Å²) >= 11 is 0. The van der Waals surface area contributed by atoms with Gasteiger partial charge in [0, 0.05) is 30.4 Å². The minimum Gasteiger partial charge on any atom is -0.354 e. The molecule has 1 aromatic rings. The Kier molecular flexibility index (Phi) is 7.68. The zero-order chi connectivity index (χ0) is 18.6. The van der Waals surface area contributed by atoms with Crippen LogP contribution >= 0.6 is 12.4 Å². The van der Waals surface area contributed by atoms with Gasteiger partial charge in [0.1, 0.15) is 5.54 Å². The molecule has 1 aliphatic heterocycles. The number of nitrogens with one attached hydrogen (secondary N) is 3. The summed E-state index contributed by atoms with van der Waals surface area (Å²) in [5, 5.41) is 13.9. The molecule has 27 heavy (non-hydrogen) atoms. The van der Waals surface area contributed by atoms with Crippen molar-refractivity contribution in [2.24, 2.45) is 5.92 Å². The van der Waals surface area contributed by atoms with E-state index in [1.165, 1.54) is 0 Å². The van der Waals surface area contributed by atoms with Gasteiger partial charge in [0.2, 0.25) is 11.8 Å². The molecule has 2 atom stereocenters. The standard InChI is InChI=1S/C19H31N5O2.ClH/c1-14(2)22-17(25)15-5-3-6-16(13-15)23-18(26)19(7-10-20-11-8-19)24-12-4-9-21-24;/h4,9,12,14-16,20H,3,5-8,10-11,13H2,1-2H3,(H,22,25)(H,23,26);1H. The van der Waals surface area contributed by atoms with Crippen LogP contribution in [0.15, 0.2) is 18.5 Å². The van der Waals surface area contributed by atoms with Crippen molar-refractivity contribution in [1.82, 2.24) is 25.7 Å². The molecule has 7 nitrogen and oxygen atoms in total. The zero-order valence-electron chi connectivity index (χ0n) is 16.2. The van der Waals surface area contributed by atoms with Crippen molar-refractivity contribution >= 4 is 24.2 Å². The highest BCUT2D eigenvalue weighted by atomic mass is 35.5. The van der Waals surface area contributed by atoms with Crippen molar-refractivity contribution in [2.45, 2.75) is 70.0 Å². The lowest BCUT2D eigenvalue weighted by molar-refractivity contribution is -0.134. The molecule has 2 heterocycles. The molecule has 3 rings (SSSR count). The molecule has 1 aromatic heterocycles. The van der Waals surface area contributed by atoms with Gasteiger partial charge in [-0.2, -0.15) is 5.10 Å². The van der Waals surface area contributed by atoms with Gasteiger partial charge in [-0.1, -0.05) is 6.42 Å². The third kappa shape index (κ3) is 5.02. The Bertz CT molecular complexity index is 614. The van der Waals surface area contributed by atoms with Gasteiger partial charge in [0.05, 0.1) is 0 Å². The Labute approximate surface area is 167 Å². The summed E-state index contributed by atoms with van der Waals surface area (Å²) in [4.78, 5) is 25.6. The summed E-state index contributed by atoms with van der Waals surface area (Å²) in [6.07, 6.45) is 8.59. The summed E-state index contributed by atoms with van der Waals surface area (Å²) in [7, 11) is 0. The second kappa shape index (κ2) is 9.55. The molecule has 2 unspecified atom stereocenters. The van der Waals surface area contributed by atoms with Gasteiger partial charge < -0.3 is 16.0 Å². The number of carbonyl (C=O) groups is 2. The van der Waals surface area contributed by atoms with Crippen molar-refractivity contribution in [3.63, 3.8) is 0 Å². The third-order valence-corrected chi connectivity index (χ3v) is 5.61. The molecule has 152 valence electrons. The van der Waals surface area contributed by atoms with Crippen LogP contribution in [0.2, 0.25) is 0 Å². The van der Waals surface area contributed by atoms with Crippen molar-refractivity contribution in [3.05, 3.63) is 18.5 Å². The van der Waals surface area contributed by atoms with Gasteiger partial charge in [0.25, 0.3) is 0 Å². The van der Waals surface area contributed by atoms with E-state index >= 15 is 0 Å². The predicted molar refractivity (Wildman–Crippen MR) is 107 cm³/mol. The van der Waals surface area contributed by atoms with Gasteiger partial charge in [-0.15, -0.1) is 12.4 Å². The van der Waals surface area contributed by atoms with Crippen LogP contribution in [0.5, 0.6) is 0 Å². The lowest BCUT2D eigenvalue weighted by Crippen LogP contribution is -2.57. The van der Waals surface area contributed by atoms with E-state index < -0.39 is 5.54 Å². The Morgan fingerprint density at radius 2 is 2.00 bits per heavy atom. The lowest BCUT2D eigenvalue weighted by Gasteiger charge is -2.38. The average Bonchev–Trinajstić information content (AvgIpc) is 3.17. The largest absolute Gasteiger partial charge is 0.354 e. The molecule has 0 aromatic carbocycles. The molecule has 2 aliphatic rings. The van der Waals surface area contributed by atoms with E-state index in [0.717, 1.165) is 51.6 Å². The molecular formula is C19H32ClN5O2. The van der Waals surface area contributed by atoms with Crippen LogP contribution in [-0.4, -0.2) is 46.8 Å². The number of carbonyl (C=O) groups excluding carboxylic acids is 2. The highest BCUT2D eigenvalue weighted by Gasteiger charge is 2.43. The first-order chi connectivity index (χ1) is 12.5. The number of rotatable bonds is 5. The van der Waals surface area contributed by atoms with Crippen molar-refractivity contribution in [2.75, 3.05) is 13.1 Å². The fourth-order valence-corrected chi connectivity index (χ4v) is 4.20. The Morgan fingerprint density at radius 3 is 2.63 bits per heavy atom. The molecule has 3 N–H and O–H groups in total. The molecule has 0 spiro atoms. The molecule has 2 amide bonds. The maximum Gasteiger partial charge on any atom is 0.248 e. The normalized spacial score (nSPS) is 24.7. The second-order valence-electron chi connectivity index (χ2n) is 7.93.